The van der Waals surface area contributed by atoms with Crippen LogP contribution < -0.4 is 5.69 Å². The van der Waals surface area contributed by atoms with Gasteiger partial charge >= 0.3 is 5.69 Å². The molecule has 0 amide bonds. The van der Waals surface area contributed by atoms with Crippen molar-refractivity contribution >= 4 is 16.6 Å². The summed E-state index contributed by atoms with van der Waals surface area (Å²) in [5.74, 6) is 1.58. The molecule has 0 spiro atoms. The molecule has 1 aromatic carbocycles. The number of aryl methyl sites for hydroxylation is 1. The number of nitrogens with zero attached hydrogens (tertiary/aromatic N) is 4. The normalized spacial score (nSPS) is 11.6. The summed E-state index contributed by atoms with van der Waals surface area (Å²) in [4.78, 5) is 16.3. The molecule has 4 heterocycles. The summed E-state index contributed by atoms with van der Waals surface area (Å²) in [5.41, 5.74) is 2.45. The molecule has 8 nitrogen and oxygen atoms in total. The summed E-state index contributed by atoms with van der Waals surface area (Å²) >= 11 is 0. The maximum absolute atomic E-state index is 11.8. The van der Waals surface area contributed by atoms with Crippen molar-refractivity contribution in [3.05, 3.63) is 58.8 Å². The maximum Gasteiger partial charge on any atom is 0.347 e. The van der Waals surface area contributed by atoms with E-state index in [4.69, 9.17) is 8.94 Å². The lowest BCUT2D eigenvalue weighted by Gasteiger charge is -1.95. The van der Waals surface area contributed by atoms with Crippen molar-refractivity contribution in [2.75, 3.05) is 0 Å². The largest absolute Gasteiger partial charge is 0.460 e. The van der Waals surface area contributed by atoms with Crippen molar-refractivity contribution in [2.24, 2.45) is 0 Å². The molecule has 1 N–H and O–H groups in total. The van der Waals surface area contributed by atoms with Crippen LogP contribution >= 0.6 is 0 Å². The third kappa shape index (κ3) is 2.08. The zero-order valence-electron chi connectivity index (χ0n) is 13.8. The quantitative estimate of drug-likeness (QED) is 0.538. The van der Waals surface area contributed by atoms with Gasteiger partial charge in [0.25, 0.3) is 5.89 Å². The van der Waals surface area contributed by atoms with Gasteiger partial charge in [0, 0.05) is 23.6 Å². The highest BCUT2D eigenvalue weighted by atomic mass is 16.5. The van der Waals surface area contributed by atoms with Crippen LogP contribution in [0.25, 0.3) is 39.5 Å². The number of aromatic nitrogens is 5. The Labute approximate surface area is 146 Å². The molecule has 0 aliphatic rings. The summed E-state index contributed by atoms with van der Waals surface area (Å²) in [7, 11) is 0. The van der Waals surface area contributed by atoms with E-state index in [1.807, 2.05) is 31.2 Å². The van der Waals surface area contributed by atoms with Gasteiger partial charge in [-0.15, -0.1) is 0 Å². The Morgan fingerprint density at radius 2 is 2.08 bits per heavy atom. The van der Waals surface area contributed by atoms with E-state index in [0.717, 1.165) is 22.3 Å². The predicted octanol–water partition coefficient (Wildman–Crippen LogP) is 3.05. The number of pyridine rings is 1. The Bertz CT molecular complexity index is 1310. The van der Waals surface area contributed by atoms with Crippen molar-refractivity contribution in [1.29, 1.82) is 0 Å². The molecular weight excluding hydrogens is 334 g/mol. The van der Waals surface area contributed by atoms with Crippen molar-refractivity contribution in [1.82, 2.24) is 24.7 Å². The van der Waals surface area contributed by atoms with Gasteiger partial charge in [0.2, 0.25) is 5.82 Å². The molecule has 0 radical (unpaired) electrons. The molecule has 0 bridgehead atoms. The average molecular weight is 347 g/mol. The van der Waals surface area contributed by atoms with Crippen molar-refractivity contribution in [2.45, 2.75) is 13.3 Å². The van der Waals surface area contributed by atoms with Crippen LogP contribution in [0.2, 0.25) is 0 Å². The lowest BCUT2D eigenvalue weighted by Crippen LogP contribution is -2.08. The van der Waals surface area contributed by atoms with E-state index in [1.54, 1.807) is 18.3 Å². The average Bonchev–Trinajstić information content (AvgIpc) is 3.38. The summed E-state index contributed by atoms with van der Waals surface area (Å²) in [5, 5.41) is 11.3. The standard InChI is InChI=1S/C18H13N5O3/c1-2-12-15(11-5-3-4-6-13(11)25-12)17-19-16(22-26-17)10-7-8-14-20-21-18(24)23(14)9-10/h3-9H,2H2,1H3,(H,21,24). The number of rotatable bonds is 3. The Morgan fingerprint density at radius 3 is 2.96 bits per heavy atom. The Balaban J connectivity index is 1.66. The summed E-state index contributed by atoms with van der Waals surface area (Å²) in [6.07, 6.45) is 2.34. The zero-order valence-corrected chi connectivity index (χ0v) is 13.8. The molecule has 0 atom stereocenters. The van der Waals surface area contributed by atoms with Crippen molar-refractivity contribution < 1.29 is 8.94 Å². The first-order valence-electron chi connectivity index (χ1n) is 8.16. The zero-order chi connectivity index (χ0) is 17.7. The van der Waals surface area contributed by atoms with Crippen LogP contribution in [0.1, 0.15) is 12.7 Å². The van der Waals surface area contributed by atoms with Gasteiger partial charge in [-0.25, -0.2) is 14.3 Å². The highest BCUT2D eigenvalue weighted by Gasteiger charge is 2.20. The van der Waals surface area contributed by atoms with Crippen molar-refractivity contribution in [3.8, 4) is 22.8 Å². The maximum atomic E-state index is 11.8. The lowest BCUT2D eigenvalue weighted by molar-refractivity contribution is 0.430. The van der Waals surface area contributed by atoms with Gasteiger partial charge in [0.15, 0.2) is 5.65 Å². The molecule has 0 saturated carbocycles. The fourth-order valence-electron chi connectivity index (χ4n) is 3.06. The Kier molecular flexibility index (Phi) is 3.05. The van der Waals surface area contributed by atoms with Crippen LogP contribution in [0.3, 0.4) is 0 Å². The third-order valence-corrected chi connectivity index (χ3v) is 4.30. The number of furan rings is 1. The molecule has 0 aliphatic carbocycles. The van der Waals surface area contributed by atoms with E-state index in [1.165, 1.54) is 4.40 Å². The monoisotopic (exact) mass is 347 g/mol. The fourth-order valence-corrected chi connectivity index (χ4v) is 3.06. The first kappa shape index (κ1) is 14.6. The molecule has 128 valence electrons. The lowest BCUT2D eigenvalue weighted by atomic mass is 10.1. The summed E-state index contributed by atoms with van der Waals surface area (Å²) in [6, 6.07) is 11.2. The van der Waals surface area contributed by atoms with Gasteiger partial charge in [-0.05, 0) is 18.2 Å². The minimum atomic E-state index is -0.320. The smallest absolute Gasteiger partial charge is 0.347 e. The second-order valence-electron chi connectivity index (χ2n) is 5.85. The van der Waals surface area contributed by atoms with E-state index in [2.05, 4.69) is 20.3 Å². The number of hydrogen-bond donors (Lipinski definition) is 1. The number of benzene rings is 1. The molecule has 0 aliphatic heterocycles. The molecule has 8 heteroatoms. The van der Waals surface area contributed by atoms with Gasteiger partial charge < -0.3 is 8.94 Å². The first-order chi connectivity index (χ1) is 12.7. The second kappa shape index (κ2) is 5.41. The molecule has 0 saturated heterocycles. The minimum Gasteiger partial charge on any atom is -0.460 e. The molecule has 5 aromatic rings. The molecule has 0 unspecified atom stereocenters. The number of para-hydroxylation sites is 1. The van der Waals surface area contributed by atoms with E-state index in [9.17, 15) is 4.79 Å². The van der Waals surface area contributed by atoms with Crippen LogP contribution in [0.15, 0.2) is 56.3 Å². The van der Waals surface area contributed by atoms with Gasteiger partial charge in [-0.3, -0.25) is 0 Å². The van der Waals surface area contributed by atoms with Gasteiger partial charge in [-0.2, -0.15) is 10.1 Å². The molecule has 5 rings (SSSR count). The highest BCUT2D eigenvalue weighted by molar-refractivity contribution is 5.93. The summed E-state index contributed by atoms with van der Waals surface area (Å²) < 4.78 is 12.8. The predicted molar refractivity (Wildman–Crippen MR) is 93.7 cm³/mol. The number of fused-ring (bicyclic) bond motifs is 2. The van der Waals surface area contributed by atoms with E-state index >= 15 is 0 Å². The summed E-state index contributed by atoms with van der Waals surface area (Å²) in [6.45, 7) is 2.01. The van der Waals surface area contributed by atoms with Crippen LogP contribution in [0.4, 0.5) is 0 Å². The SMILES string of the molecule is CCc1oc2ccccc2c1-c1nc(-c2ccc3n[nH]c(=O)n3c2)no1. The second-order valence-corrected chi connectivity index (χ2v) is 5.85. The number of aromatic amines is 1. The van der Waals surface area contributed by atoms with Crippen LogP contribution in [0.5, 0.6) is 0 Å². The van der Waals surface area contributed by atoms with Crippen LogP contribution in [-0.2, 0) is 6.42 Å². The molecule has 26 heavy (non-hydrogen) atoms. The number of hydrogen-bond acceptors (Lipinski definition) is 6. The van der Waals surface area contributed by atoms with Gasteiger partial charge in [0.05, 0.1) is 5.56 Å². The number of nitrogens with one attached hydrogen (secondary N) is 1. The van der Waals surface area contributed by atoms with E-state index in [0.29, 0.717) is 29.3 Å². The number of H-pyrrole nitrogens is 1. The van der Waals surface area contributed by atoms with Crippen LogP contribution in [-0.4, -0.2) is 24.7 Å². The van der Waals surface area contributed by atoms with Gasteiger partial charge in [0.1, 0.15) is 11.3 Å². The molecule has 0 fully saturated rings. The molecular formula is C18H13N5O3. The molecule has 4 aromatic heterocycles. The first-order valence-corrected chi connectivity index (χ1v) is 8.16. The Morgan fingerprint density at radius 1 is 1.19 bits per heavy atom. The fraction of sp³-hybridized carbons (Fsp3) is 0.111. The third-order valence-electron chi connectivity index (χ3n) is 4.30. The van der Waals surface area contributed by atoms with Gasteiger partial charge in [-0.1, -0.05) is 30.3 Å². The van der Waals surface area contributed by atoms with E-state index in [-0.39, 0.29) is 5.69 Å². The van der Waals surface area contributed by atoms with E-state index < -0.39 is 0 Å². The van der Waals surface area contributed by atoms with Crippen LogP contribution in [0, 0.1) is 0 Å². The van der Waals surface area contributed by atoms with Crippen molar-refractivity contribution in [3.63, 3.8) is 0 Å². The minimum absolute atomic E-state index is 0.320. The highest BCUT2D eigenvalue weighted by Crippen LogP contribution is 2.35. The Hall–Kier alpha value is -3.68. The topological polar surface area (TPSA) is 102 Å².